The highest BCUT2D eigenvalue weighted by molar-refractivity contribution is 5.18. The first-order valence-corrected chi connectivity index (χ1v) is 6.22. The molecule has 2 heterocycles. The Morgan fingerprint density at radius 3 is 3.12 bits per heavy atom. The van der Waals surface area contributed by atoms with Crippen LogP contribution in [-0.2, 0) is 6.54 Å². The SMILES string of the molecule is CCn1cc(C(C#N)N2CCCNCC2)cn1. The molecular formula is C12H19N5. The lowest BCUT2D eigenvalue weighted by Gasteiger charge is -2.23. The summed E-state index contributed by atoms with van der Waals surface area (Å²) >= 11 is 0. The fraction of sp³-hybridized carbons (Fsp3) is 0.667. The number of nitriles is 1. The van der Waals surface area contributed by atoms with Crippen LogP contribution in [0.1, 0.15) is 24.9 Å². The summed E-state index contributed by atoms with van der Waals surface area (Å²) < 4.78 is 1.87. The number of nitrogens with zero attached hydrogens (tertiary/aromatic N) is 4. The summed E-state index contributed by atoms with van der Waals surface area (Å²) in [5, 5.41) is 17.0. The van der Waals surface area contributed by atoms with Crippen LogP contribution < -0.4 is 5.32 Å². The number of hydrogen-bond acceptors (Lipinski definition) is 4. The van der Waals surface area contributed by atoms with Crippen molar-refractivity contribution in [3.05, 3.63) is 18.0 Å². The first-order valence-electron chi connectivity index (χ1n) is 6.22. The summed E-state index contributed by atoms with van der Waals surface area (Å²) in [6, 6.07) is 2.24. The third-order valence-electron chi connectivity index (χ3n) is 3.16. The van der Waals surface area contributed by atoms with Gasteiger partial charge in [0.2, 0.25) is 0 Å². The van der Waals surface area contributed by atoms with Gasteiger partial charge in [-0.2, -0.15) is 10.4 Å². The molecule has 1 unspecified atom stereocenters. The number of hydrogen-bond donors (Lipinski definition) is 1. The summed E-state index contributed by atoms with van der Waals surface area (Å²) in [6.07, 6.45) is 4.89. The maximum absolute atomic E-state index is 9.36. The molecule has 1 N–H and O–H groups in total. The molecule has 1 aromatic rings. The van der Waals surface area contributed by atoms with Crippen molar-refractivity contribution >= 4 is 0 Å². The van der Waals surface area contributed by atoms with Crippen LogP contribution in [0.5, 0.6) is 0 Å². The summed E-state index contributed by atoms with van der Waals surface area (Å²) in [7, 11) is 0. The Morgan fingerprint density at radius 2 is 2.41 bits per heavy atom. The Labute approximate surface area is 102 Å². The Hall–Kier alpha value is -1.38. The first-order chi connectivity index (χ1) is 8.35. The van der Waals surface area contributed by atoms with Gasteiger partial charge >= 0.3 is 0 Å². The van der Waals surface area contributed by atoms with E-state index < -0.39 is 0 Å². The zero-order valence-electron chi connectivity index (χ0n) is 10.3. The molecule has 1 fully saturated rings. The average molecular weight is 233 g/mol. The second-order valence-corrected chi connectivity index (χ2v) is 4.30. The predicted octanol–water partition coefficient (Wildman–Crippen LogP) is 0.763. The molecule has 1 saturated heterocycles. The van der Waals surface area contributed by atoms with E-state index in [2.05, 4.69) is 21.4 Å². The molecule has 0 aromatic carbocycles. The lowest BCUT2D eigenvalue weighted by atomic mass is 10.1. The molecule has 5 heteroatoms. The van der Waals surface area contributed by atoms with Crippen LogP contribution >= 0.6 is 0 Å². The van der Waals surface area contributed by atoms with Crippen molar-refractivity contribution in [3.8, 4) is 6.07 Å². The molecule has 1 aliphatic rings. The van der Waals surface area contributed by atoms with Gasteiger partial charge in [-0.15, -0.1) is 0 Å². The van der Waals surface area contributed by atoms with E-state index in [1.54, 1.807) is 0 Å². The summed E-state index contributed by atoms with van der Waals surface area (Å²) in [5.74, 6) is 0. The van der Waals surface area contributed by atoms with Crippen molar-refractivity contribution in [1.29, 1.82) is 5.26 Å². The van der Waals surface area contributed by atoms with Crippen LogP contribution in [0.3, 0.4) is 0 Å². The molecule has 0 amide bonds. The molecule has 1 aromatic heterocycles. The van der Waals surface area contributed by atoms with Gasteiger partial charge in [0.05, 0.1) is 12.3 Å². The normalized spacial score (nSPS) is 19.5. The molecule has 0 aliphatic carbocycles. The fourth-order valence-electron chi connectivity index (χ4n) is 2.19. The highest BCUT2D eigenvalue weighted by Gasteiger charge is 2.22. The monoisotopic (exact) mass is 233 g/mol. The van der Waals surface area contributed by atoms with Crippen molar-refractivity contribution in [1.82, 2.24) is 20.0 Å². The van der Waals surface area contributed by atoms with Crippen LogP contribution in [0.4, 0.5) is 0 Å². The van der Waals surface area contributed by atoms with E-state index in [-0.39, 0.29) is 6.04 Å². The minimum atomic E-state index is -0.157. The molecule has 0 radical (unpaired) electrons. The largest absolute Gasteiger partial charge is 0.315 e. The van der Waals surface area contributed by atoms with Crippen LogP contribution in [0.25, 0.3) is 0 Å². The summed E-state index contributed by atoms with van der Waals surface area (Å²) in [5.41, 5.74) is 1.01. The van der Waals surface area contributed by atoms with Crippen LogP contribution in [0.15, 0.2) is 12.4 Å². The molecule has 2 rings (SSSR count). The maximum Gasteiger partial charge on any atom is 0.126 e. The first kappa shape index (κ1) is 12.1. The van der Waals surface area contributed by atoms with Crippen LogP contribution in [-0.4, -0.2) is 40.9 Å². The third-order valence-corrected chi connectivity index (χ3v) is 3.16. The zero-order chi connectivity index (χ0) is 12.1. The van der Waals surface area contributed by atoms with Crippen LogP contribution in [0.2, 0.25) is 0 Å². The smallest absolute Gasteiger partial charge is 0.126 e. The molecule has 0 saturated carbocycles. The Bertz CT molecular complexity index is 384. The van der Waals surface area contributed by atoms with E-state index in [0.29, 0.717) is 0 Å². The van der Waals surface area contributed by atoms with Crippen molar-refractivity contribution < 1.29 is 0 Å². The van der Waals surface area contributed by atoms with E-state index in [9.17, 15) is 5.26 Å². The van der Waals surface area contributed by atoms with Crippen molar-refractivity contribution in [2.45, 2.75) is 25.9 Å². The van der Waals surface area contributed by atoms with Gasteiger partial charge in [-0.05, 0) is 19.9 Å². The second kappa shape index (κ2) is 5.80. The highest BCUT2D eigenvalue weighted by Crippen LogP contribution is 2.20. The average Bonchev–Trinajstić information content (AvgIpc) is 2.66. The van der Waals surface area contributed by atoms with Gasteiger partial charge in [-0.1, -0.05) is 0 Å². The van der Waals surface area contributed by atoms with Crippen molar-refractivity contribution in [2.24, 2.45) is 0 Å². The van der Waals surface area contributed by atoms with E-state index >= 15 is 0 Å². The van der Waals surface area contributed by atoms with Gasteiger partial charge in [0.1, 0.15) is 6.04 Å². The Balaban J connectivity index is 2.11. The van der Waals surface area contributed by atoms with Crippen molar-refractivity contribution in [2.75, 3.05) is 26.2 Å². The Morgan fingerprint density at radius 1 is 1.53 bits per heavy atom. The van der Waals surface area contributed by atoms with E-state index in [0.717, 1.165) is 44.7 Å². The molecule has 1 aliphatic heterocycles. The van der Waals surface area contributed by atoms with Gasteiger partial charge in [0.15, 0.2) is 0 Å². The predicted molar refractivity (Wildman–Crippen MR) is 65.3 cm³/mol. The minimum absolute atomic E-state index is 0.157. The van der Waals surface area contributed by atoms with Gasteiger partial charge < -0.3 is 5.32 Å². The topological polar surface area (TPSA) is 56.9 Å². The third kappa shape index (κ3) is 2.84. The summed E-state index contributed by atoms with van der Waals surface area (Å²) in [4.78, 5) is 2.23. The van der Waals surface area contributed by atoms with Gasteiger partial charge in [-0.3, -0.25) is 9.58 Å². The molecule has 0 bridgehead atoms. The van der Waals surface area contributed by atoms with E-state index in [1.165, 1.54) is 0 Å². The zero-order valence-corrected chi connectivity index (χ0v) is 10.3. The van der Waals surface area contributed by atoms with Crippen molar-refractivity contribution in [3.63, 3.8) is 0 Å². The highest BCUT2D eigenvalue weighted by atomic mass is 15.3. The molecular weight excluding hydrogens is 214 g/mol. The molecule has 5 nitrogen and oxygen atoms in total. The molecule has 0 spiro atoms. The minimum Gasteiger partial charge on any atom is -0.315 e. The summed E-state index contributed by atoms with van der Waals surface area (Å²) in [6.45, 7) is 6.80. The van der Waals surface area contributed by atoms with E-state index in [1.807, 2.05) is 24.0 Å². The molecule has 92 valence electrons. The van der Waals surface area contributed by atoms with Gasteiger partial charge in [0.25, 0.3) is 0 Å². The van der Waals surface area contributed by atoms with Crippen LogP contribution in [0, 0.1) is 11.3 Å². The quantitative estimate of drug-likeness (QED) is 0.837. The number of nitrogens with one attached hydrogen (secondary N) is 1. The molecule has 1 atom stereocenters. The maximum atomic E-state index is 9.36. The second-order valence-electron chi connectivity index (χ2n) is 4.30. The van der Waals surface area contributed by atoms with Gasteiger partial charge in [0, 0.05) is 37.9 Å². The number of aryl methyl sites for hydroxylation is 1. The lowest BCUT2D eigenvalue weighted by Crippen LogP contribution is -2.31. The fourth-order valence-corrected chi connectivity index (χ4v) is 2.19. The molecule has 17 heavy (non-hydrogen) atoms. The number of aromatic nitrogens is 2. The standard InChI is InChI=1S/C12H19N5/c1-2-17-10-11(9-15-17)12(8-13)16-6-3-4-14-5-7-16/h9-10,12,14H,2-7H2,1H3. The van der Waals surface area contributed by atoms with E-state index in [4.69, 9.17) is 0 Å². The number of rotatable bonds is 3. The Kier molecular flexibility index (Phi) is 4.13. The lowest BCUT2D eigenvalue weighted by molar-refractivity contribution is 0.252. The van der Waals surface area contributed by atoms with Gasteiger partial charge in [-0.25, -0.2) is 0 Å².